The third-order valence-corrected chi connectivity index (χ3v) is 4.74. The van der Waals surface area contributed by atoms with Crippen molar-refractivity contribution in [1.82, 2.24) is 15.0 Å². The molecule has 156 valence electrons. The number of nitrogens with two attached hydrogens (primary N) is 1. The Kier molecular flexibility index (Phi) is 5.02. The lowest BCUT2D eigenvalue weighted by atomic mass is 9.97. The fourth-order valence-corrected chi connectivity index (χ4v) is 3.15. The quantitative estimate of drug-likeness (QED) is 0.491. The summed E-state index contributed by atoms with van der Waals surface area (Å²) >= 11 is 0. The first-order chi connectivity index (χ1) is 14.7. The molecular weight excluding hydrogens is 407 g/mol. The van der Waals surface area contributed by atoms with Crippen molar-refractivity contribution < 1.29 is 18.0 Å². The van der Waals surface area contributed by atoms with Crippen molar-refractivity contribution in [3.63, 3.8) is 0 Å². The average Bonchev–Trinajstić information content (AvgIpc) is 2.73. The third kappa shape index (κ3) is 4.30. The first kappa shape index (κ1) is 20.3. The van der Waals surface area contributed by atoms with E-state index in [1.54, 1.807) is 30.5 Å². The number of halogens is 3. The molecular formula is C22H16F3N5O. The van der Waals surface area contributed by atoms with Crippen molar-refractivity contribution in [3.8, 4) is 11.1 Å². The van der Waals surface area contributed by atoms with Gasteiger partial charge in [-0.1, -0.05) is 12.1 Å². The number of nitrogen functional groups attached to an aromatic ring is 1. The zero-order chi connectivity index (χ0) is 22.2. The van der Waals surface area contributed by atoms with Crippen molar-refractivity contribution in [3.05, 3.63) is 77.6 Å². The SMILES string of the molecule is Cc1ccc(C(=O)Nc2cc(C(F)(F)F)ccn2)cc1-c1ccc2nc(N)ncc2c1. The van der Waals surface area contributed by atoms with Crippen LogP contribution in [0.5, 0.6) is 0 Å². The van der Waals surface area contributed by atoms with Gasteiger partial charge in [-0.2, -0.15) is 13.2 Å². The molecule has 2 aromatic carbocycles. The number of nitrogens with zero attached hydrogens (tertiary/aromatic N) is 3. The lowest BCUT2D eigenvalue weighted by molar-refractivity contribution is -0.137. The van der Waals surface area contributed by atoms with Gasteiger partial charge >= 0.3 is 6.18 Å². The molecule has 4 rings (SSSR count). The number of rotatable bonds is 3. The van der Waals surface area contributed by atoms with Gasteiger partial charge in [0, 0.05) is 23.3 Å². The number of carbonyl (C=O) groups is 1. The minimum absolute atomic E-state index is 0.178. The maximum Gasteiger partial charge on any atom is 0.416 e. The predicted molar refractivity (Wildman–Crippen MR) is 111 cm³/mol. The van der Waals surface area contributed by atoms with E-state index in [1.165, 1.54) is 0 Å². The second-order valence-corrected chi connectivity index (χ2v) is 6.91. The van der Waals surface area contributed by atoms with E-state index in [0.717, 1.165) is 40.4 Å². The second kappa shape index (κ2) is 7.67. The molecule has 9 heteroatoms. The highest BCUT2D eigenvalue weighted by Gasteiger charge is 2.30. The van der Waals surface area contributed by atoms with Crippen LogP contribution in [0.15, 0.2) is 60.9 Å². The Morgan fingerprint density at radius 1 is 1.03 bits per heavy atom. The summed E-state index contributed by atoms with van der Waals surface area (Å²) in [4.78, 5) is 24.6. The van der Waals surface area contributed by atoms with Gasteiger partial charge in [-0.3, -0.25) is 4.79 Å². The highest BCUT2D eigenvalue weighted by atomic mass is 19.4. The standard InChI is InChI=1S/C22H16F3N5O/c1-12-2-3-14(20(31)30-19-10-16(6-7-27-19)22(23,24)25)9-17(12)13-4-5-18-15(8-13)11-28-21(26)29-18/h2-11H,1H3,(H2,26,28,29)(H,27,30,31). The van der Waals surface area contributed by atoms with Crippen LogP contribution in [0.4, 0.5) is 24.9 Å². The van der Waals surface area contributed by atoms with Gasteiger partial charge in [0.05, 0.1) is 11.1 Å². The topological polar surface area (TPSA) is 93.8 Å². The van der Waals surface area contributed by atoms with E-state index in [-0.39, 0.29) is 17.3 Å². The molecule has 0 fully saturated rings. The van der Waals surface area contributed by atoms with Crippen LogP contribution in [0.25, 0.3) is 22.0 Å². The number of alkyl halides is 3. The molecule has 0 saturated carbocycles. The Morgan fingerprint density at radius 3 is 2.61 bits per heavy atom. The molecule has 0 radical (unpaired) electrons. The van der Waals surface area contributed by atoms with Crippen LogP contribution in [0.3, 0.4) is 0 Å². The number of hydrogen-bond donors (Lipinski definition) is 2. The summed E-state index contributed by atoms with van der Waals surface area (Å²) in [6, 6.07) is 12.2. The highest BCUT2D eigenvalue weighted by molar-refractivity contribution is 6.04. The van der Waals surface area contributed by atoms with E-state index in [2.05, 4.69) is 20.3 Å². The Bertz CT molecular complexity index is 1300. The normalized spacial score (nSPS) is 11.5. The number of benzene rings is 2. The summed E-state index contributed by atoms with van der Waals surface area (Å²) in [5.74, 6) is -0.564. The Morgan fingerprint density at radius 2 is 1.84 bits per heavy atom. The van der Waals surface area contributed by atoms with Crippen LogP contribution in [0.2, 0.25) is 0 Å². The van der Waals surface area contributed by atoms with Gasteiger partial charge in [0.2, 0.25) is 5.95 Å². The van der Waals surface area contributed by atoms with Gasteiger partial charge in [0.1, 0.15) is 5.82 Å². The largest absolute Gasteiger partial charge is 0.416 e. The number of hydrogen-bond acceptors (Lipinski definition) is 5. The van der Waals surface area contributed by atoms with E-state index in [1.807, 2.05) is 19.1 Å². The van der Waals surface area contributed by atoms with Crippen molar-refractivity contribution in [2.75, 3.05) is 11.1 Å². The molecule has 0 aliphatic rings. The molecule has 2 aromatic heterocycles. The number of carbonyl (C=O) groups excluding carboxylic acids is 1. The monoisotopic (exact) mass is 423 g/mol. The van der Waals surface area contributed by atoms with Crippen molar-refractivity contribution >= 4 is 28.6 Å². The Hall–Kier alpha value is -4.01. The summed E-state index contributed by atoms with van der Waals surface area (Å²) in [6.45, 7) is 1.90. The van der Waals surface area contributed by atoms with E-state index in [4.69, 9.17) is 5.73 Å². The molecule has 0 saturated heterocycles. The van der Waals surface area contributed by atoms with Gasteiger partial charge in [0.25, 0.3) is 5.91 Å². The minimum atomic E-state index is -4.52. The molecule has 3 N–H and O–H groups in total. The van der Waals surface area contributed by atoms with E-state index >= 15 is 0 Å². The summed E-state index contributed by atoms with van der Waals surface area (Å²) in [7, 11) is 0. The number of nitrogens with one attached hydrogen (secondary N) is 1. The number of pyridine rings is 1. The second-order valence-electron chi connectivity index (χ2n) is 6.91. The summed E-state index contributed by atoms with van der Waals surface area (Å²) in [6.07, 6.45) is -1.90. The molecule has 31 heavy (non-hydrogen) atoms. The Labute approximate surface area is 175 Å². The van der Waals surface area contributed by atoms with Crippen LogP contribution in [-0.4, -0.2) is 20.9 Å². The molecule has 0 atom stereocenters. The van der Waals surface area contributed by atoms with Gasteiger partial charge in [-0.15, -0.1) is 0 Å². The summed E-state index contributed by atoms with van der Waals surface area (Å²) in [5.41, 5.74) is 8.26. The van der Waals surface area contributed by atoms with Crippen LogP contribution < -0.4 is 11.1 Å². The molecule has 0 spiro atoms. The smallest absolute Gasteiger partial charge is 0.368 e. The Balaban J connectivity index is 1.65. The molecule has 4 aromatic rings. The van der Waals surface area contributed by atoms with Crippen molar-refractivity contribution in [1.29, 1.82) is 0 Å². The molecule has 1 amide bonds. The van der Waals surface area contributed by atoms with Crippen LogP contribution in [-0.2, 0) is 6.18 Å². The first-order valence-corrected chi connectivity index (χ1v) is 9.18. The van der Waals surface area contributed by atoms with Gasteiger partial charge in [-0.25, -0.2) is 15.0 Å². The van der Waals surface area contributed by atoms with Crippen LogP contribution in [0.1, 0.15) is 21.5 Å². The number of aryl methyl sites for hydroxylation is 1. The van der Waals surface area contributed by atoms with Crippen LogP contribution in [0, 0.1) is 6.92 Å². The number of anilines is 2. The predicted octanol–water partition coefficient (Wildman–Crippen LogP) is 4.85. The molecule has 0 aliphatic carbocycles. The average molecular weight is 423 g/mol. The first-order valence-electron chi connectivity index (χ1n) is 9.18. The van der Waals surface area contributed by atoms with Crippen LogP contribution >= 0.6 is 0 Å². The van der Waals surface area contributed by atoms with E-state index < -0.39 is 17.6 Å². The maximum absolute atomic E-state index is 12.9. The fraction of sp³-hybridized carbons (Fsp3) is 0.0909. The zero-order valence-electron chi connectivity index (χ0n) is 16.2. The minimum Gasteiger partial charge on any atom is -0.368 e. The summed E-state index contributed by atoms with van der Waals surface area (Å²) < 4.78 is 38.7. The molecule has 2 heterocycles. The van der Waals surface area contributed by atoms with Gasteiger partial charge in [0.15, 0.2) is 0 Å². The zero-order valence-corrected chi connectivity index (χ0v) is 16.2. The van der Waals surface area contributed by atoms with Crippen molar-refractivity contribution in [2.45, 2.75) is 13.1 Å². The lowest BCUT2D eigenvalue weighted by Gasteiger charge is -2.11. The molecule has 0 unspecified atom stereocenters. The molecule has 0 bridgehead atoms. The fourth-order valence-electron chi connectivity index (χ4n) is 3.15. The number of fused-ring (bicyclic) bond motifs is 1. The third-order valence-electron chi connectivity index (χ3n) is 4.74. The molecule has 0 aliphatic heterocycles. The van der Waals surface area contributed by atoms with Gasteiger partial charge < -0.3 is 11.1 Å². The maximum atomic E-state index is 12.9. The highest BCUT2D eigenvalue weighted by Crippen LogP contribution is 2.30. The van der Waals surface area contributed by atoms with E-state index in [9.17, 15) is 18.0 Å². The van der Waals surface area contributed by atoms with Crippen molar-refractivity contribution in [2.24, 2.45) is 0 Å². The number of aromatic nitrogens is 3. The molecule has 6 nitrogen and oxygen atoms in total. The van der Waals surface area contributed by atoms with E-state index in [0.29, 0.717) is 5.52 Å². The van der Waals surface area contributed by atoms with Gasteiger partial charge in [-0.05, 0) is 60.0 Å². The lowest BCUT2D eigenvalue weighted by Crippen LogP contribution is -2.14. The summed E-state index contributed by atoms with van der Waals surface area (Å²) in [5, 5.41) is 3.21. The number of amides is 1.